The molecule has 0 amide bonds. The van der Waals surface area contributed by atoms with Crippen LogP contribution in [-0.2, 0) is 4.74 Å². The highest BCUT2D eigenvalue weighted by Gasteiger charge is 2.21. The monoisotopic (exact) mass is 258 g/mol. The van der Waals surface area contributed by atoms with Gasteiger partial charge in [-0.25, -0.2) is 0 Å². The van der Waals surface area contributed by atoms with Gasteiger partial charge in [-0.2, -0.15) is 0 Å². The normalized spacial score (nSPS) is 23.5. The summed E-state index contributed by atoms with van der Waals surface area (Å²) in [6.07, 6.45) is 2.22. The van der Waals surface area contributed by atoms with Gasteiger partial charge in [-0.15, -0.1) is 0 Å². The lowest BCUT2D eigenvalue weighted by atomic mass is 9.99. The Kier molecular flexibility index (Phi) is 7.82. The van der Waals surface area contributed by atoms with Crippen LogP contribution in [0.5, 0.6) is 0 Å². The summed E-state index contributed by atoms with van der Waals surface area (Å²) in [4.78, 5) is 2.37. The molecule has 108 valence electrons. The highest BCUT2D eigenvalue weighted by molar-refractivity contribution is 4.75. The zero-order valence-corrected chi connectivity index (χ0v) is 12.2. The molecule has 0 spiro atoms. The molecule has 18 heavy (non-hydrogen) atoms. The van der Waals surface area contributed by atoms with E-state index in [0.717, 1.165) is 32.8 Å². The molecule has 2 atom stereocenters. The number of β-amino-alcohol motifs (C(OH)–C–C–N with tert-alkyl or cyclic N) is 1. The summed E-state index contributed by atoms with van der Waals surface area (Å²) in [6.45, 7) is 9.84. The zero-order valence-electron chi connectivity index (χ0n) is 12.2. The number of nitrogens with one attached hydrogen (secondary N) is 1. The molecule has 0 aromatic heterocycles. The number of hydrogen-bond acceptors (Lipinski definition) is 4. The third kappa shape index (κ3) is 6.69. The van der Waals surface area contributed by atoms with E-state index in [4.69, 9.17) is 4.74 Å². The molecular formula is C14H30N2O2. The Morgan fingerprint density at radius 1 is 1.39 bits per heavy atom. The van der Waals surface area contributed by atoms with Crippen LogP contribution in [0.1, 0.15) is 26.7 Å². The largest absolute Gasteiger partial charge is 0.390 e. The summed E-state index contributed by atoms with van der Waals surface area (Å²) < 4.78 is 5.22. The van der Waals surface area contributed by atoms with Crippen LogP contribution in [0.25, 0.3) is 0 Å². The van der Waals surface area contributed by atoms with Gasteiger partial charge in [-0.3, -0.25) is 0 Å². The summed E-state index contributed by atoms with van der Waals surface area (Å²) in [5.74, 6) is 1.28. The van der Waals surface area contributed by atoms with Crippen LogP contribution >= 0.6 is 0 Å². The van der Waals surface area contributed by atoms with Crippen LogP contribution in [0.2, 0.25) is 0 Å². The maximum absolute atomic E-state index is 10.00. The van der Waals surface area contributed by atoms with E-state index < -0.39 is 0 Å². The van der Waals surface area contributed by atoms with E-state index in [0.29, 0.717) is 18.4 Å². The van der Waals surface area contributed by atoms with Gasteiger partial charge in [0.2, 0.25) is 0 Å². The predicted molar refractivity (Wildman–Crippen MR) is 74.8 cm³/mol. The van der Waals surface area contributed by atoms with E-state index in [9.17, 15) is 5.11 Å². The van der Waals surface area contributed by atoms with Gasteiger partial charge in [0.25, 0.3) is 0 Å². The molecule has 2 unspecified atom stereocenters. The molecule has 2 N–H and O–H groups in total. The molecule has 0 saturated carbocycles. The van der Waals surface area contributed by atoms with Gasteiger partial charge < -0.3 is 20.1 Å². The molecule has 1 fully saturated rings. The molecule has 1 aliphatic heterocycles. The van der Waals surface area contributed by atoms with Crippen molar-refractivity contribution in [3.05, 3.63) is 0 Å². The van der Waals surface area contributed by atoms with E-state index >= 15 is 0 Å². The van der Waals surface area contributed by atoms with Gasteiger partial charge in [0, 0.05) is 26.7 Å². The number of piperidine rings is 1. The fourth-order valence-corrected chi connectivity index (χ4v) is 2.59. The number of rotatable bonds is 8. The lowest BCUT2D eigenvalue weighted by molar-refractivity contribution is 0.0563. The van der Waals surface area contributed by atoms with Crippen LogP contribution in [0.15, 0.2) is 0 Å². The van der Waals surface area contributed by atoms with Crippen molar-refractivity contribution in [1.29, 1.82) is 0 Å². The summed E-state index contributed by atoms with van der Waals surface area (Å²) in [5.41, 5.74) is 0. The number of hydrogen-bond donors (Lipinski definition) is 2. The third-order valence-corrected chi connectivity index (χ3v) is 3.41. The van der Waals surface area contributed by atoms with Gasteiger partial charge in [-0.1, -0.05) is 13.8 Å². The number of ether oxygens (including phenoxy) is 1. The summed E-state index contributed by atoms with van der Waals surface area (Å²) in [6, 6.07) is 0. The minimum absolute atomic E-state index is 0.259. The molecule has 1 heterocycles. The fraction of sp³-hybridized carbons (Fsp3) is 1.00. The molecule has 1 aliphatic rings. The van der Waals surface area contributed by atoms with E-state index in [-0.39, 0.29) is 6.10 Å². The second kappa shape index (κ2) is 8.86. The molecule has 0 aromatic carbocycles. The van der Waals surface area contributed by atoms with Crippen molar-refractivity contribution in [3.63, 3.8) is 0 Å². The lowest BCUT2D eigenvalue weighted by Gasteiger charge is -2.33. The quantitative estimate of drug-likeness (QED) is 0.680. The van der Waals surface area contributed by atoms with Crippen LogP contribution in [-0.4, -0.2) is 62.6 Å². The maximum atomic E-state index is 10.00. The van der Waals surface area contributed by atoms with E-state index in [1.165, 1.54) is 12.8 Å². The lowest BCUT2D eigenvalue weighted by Crippen LogP contribution is -2.44. The Morgan fingerprint density at radius 3 is 2.83 bits per heavy atom. The van der Waals surface area contributed by atoms with Gasteiger partial charge in [0.05, 0.1) is 12.7 Å². The van der Waals surface area contributed by atoms with Crippen molar-refractivity contribution in [2.45, 2.75) is 32.8 Å². The van der Waals surface area contributed by atoms with Gasteiger partial charge in [0.1, 0.15) is 0 Å². The second-order valence-electron chi connectivity index (χ2n) is 5.93. The number of nitrogens with zero attached hydrogens (tertiary/aromatic N) is 1. The smallest absolute Gasteiger partial charge is 0.0791 e. The van der Waals surface area contributed by atoms with Crippen LogP contribution in [0.4, 0.5) is 0 Å². The van der Waals surface area contributed by atoms with Crippen molar-refractivity contribution < 1.29 is 9.84 Å². The first kappa shape index (κ1) is 15.9. The average molecular weight is 258 g/mol. The van der Waals surface area contributed by atoms with Crippen LogP contribution in [0.3, 0.4) is 0 Å². The van der Waals surface area contributed by atoms with Gasteiger partial charge in [0.15, 0.2) is 0 Å². The Hall–Kier alpha value is -0.160. The number of aliphatic hydroxyl groups is 1. The van der Waals surface area contributed by atoms with Gasteiger partial charge >= 0.3 is 0 Å². The molecule has 0 aliphatic carbocycles. The van der Waals surface area contributed by atoms with Crippen molar-refractivity contribution in [3.8, 4) is 0 Å². The minimum Gasteiger partial charge on any atom is -0.390 e. The molecule has 0 bridgehead atoms. The predicted octanol–water partition coefficient (Wildman–Crippen LogP) is 0.951. The highest BCUT2D eigenvalue weighted by atomic mass is 16.5. The van der Waals surface area contributed by atoms with E-state index in [2.05, 4.69) is 24.1 Å². The minimum atomic E-state index is -0.259. The van der Waals surface area contributed by atoms with E-state index in [1.807, 2.05) is 0 Å². The molecule has 4 heteroatoms. The topological polar surface area (TPSA) is 44.7 Å². The van der Waals surface area contributed by atoms with Crippen molar-refractivity contribution in [2.75, 3.05) is 46.4 Å². The molecule has 1 rings (SSSR count). The molecule has 1 saturated heterocycles. The summed E-state index contributed by atoms with van der Waals surface area (Å²) >= 11 is 0. The zero-order chi connectivity index (χ0) is 13.4. The second-order valence-corrected chi connectivity index (χ2v) is 5.93. The Balaban J connectivity index is 2.16. The third-order valence-electron chi connectivity index (χ3n) is 3.41. The number of aliphatic hydroxyl groups excluding tert-OH is 1. The first-order chi connectivity index (χ1) is 8.61. The Labute approximate surface area is 112 Å². The molecule has 0 aromatic rings. The summed E-state index contributed by atoms with van der Waals surface area (Å²) in [5, 5.41) is 13.3. The van der Waals surface area contributed by atoms with Crippen molar-refractivity contribution in [2.24, 2.45) is 11.8 Å². The van der Waals surface area contributed by atoms with Crippen LogP contribution < -0.4 is 5.32 Å². The highest BCUT2D eigenvalue weighted by Crippen LogP contribution is 2.16. The molecule has 0 radical (unpaired) electrons. The van der Waals surface area contributed by atoms with Crippen molar-refractivity contribution in [1.82, 2.24) is 10.2 Å². The fourth-order valence-electron chi connectivity index (χ4n) is 2.59. The van der Waals surface area contributed by atoms with E-state index in [1.54, 1.807) is 7.11 Å². The summed E-state index contributed by atoms with van der Waals surface area (Å²) in [7, 11) is 1.77. The SMILES string of the molecule is COCC1CCCN(CC(O)CNCC(C)C)C1. The van der Waals surface area contributed by atoms with Crippen molar-refractivity contribution >= 4 is 0 Å². The first-order valence-corrected chi connectivity index (χ1v) is 7.22. The number of methoxy groups -OCH3 is 1. The Morgan fingerprint density at radius 2 is 2.17 bits per heavy atom. The maximum Gasteiger partial charge on any atom is 0.0791 e. The average Bonchev–Trinajstić information content (AvgIpc) is 2.29. The standard InChI is InChI=1S/C14H30N2O2/c1-12(2)7-15-8-14(17)10-16-6-4-5-13(9-16)11-18-3/h12-15,17H,4-11H2,1-3H3. The van der Waals surface area contributed by atoms with Gasteiger partial charge in [-0.05, 0) is 37.8 Å². The van der Waals surface area contributed by atoms with Crippen LogP contribution in [0, 0.1) is 11.8 Å². The first-order valence-electron chi connectivity index (χ1n) is 7.22. The molecule has 4 nitrogen and oxygen atoms in total. The number of likely N-dealkylation sites (tertiary alicyclic amines) is 1. The Bertz CT molecular complexity index is 210. The molecular weight excluding hydrogens is 228 g/mol.